The number of hydrogen-bond donors (Lipinski definition) is 2. The number of unbranched alkanes of at least 4 members (excludes halogenated alkanes) is 41. The molecule has 0 rings (SSSR count). The van der Waals surface area contributed by atoms with Crippen LogP contribution >= 0.6 is 7.82 Å². The van der Waals surface area contributed by atoms with Gasteiger partial charge in [-0.15, -0.1) is 0 Å². The number of hydrogen-bond acceptors (Lipinski definition) is 8. The normalized spacial score (nSPS) is 13.3. The molecule has 79 heavy (non-hydrogen) atoms. The Kier molecular flexibility index (Phi) is 63.0. The number of phosphoric acid groups is 1. The molecule has 0 aliphatic rings. The van der Waals surface area contributed by atoms with Gasteiger partial charge in [0.1, 0.15) is 6.61 Å². The highest BCUT2D eigenvalue weighted by Gasteiger charge is 2.26. The Morgan fingerprint density at radius 1 is 0.380 bits per heavy atom. The molecule has 0 fully saturated rings. The van der Waals surface area contributed by atoms with E-state index in [2.05, 4.69) is 74.6 Å². The predicted molar refractivity (Wildman–Crippen MR) is 340 cm³/mol. The van der Waals surface area contributed by atoms with Crippen LogP contribution < -0.4 is 5.73 Å². The lowest BCUT2D eigenvalue weighted by atomic mass is 10.0. The Morgan fingerprint density at radius 3 is 0.975 bits per heavy atom. The fourth-order valence-corrected chi connectivity index (χ4v) is 10.6. The molecule has 0 aromatic heterocycles. The van der Waals surface area contributed by atoms with Crippen molar-refractivity contribution in [3.8, 4) is 0 Å². The minimum Gasteiger partial charge on any atom is -0.462 e. The quantitative estimate of drug-likeness (QED) is 0.0264. The fraction of sp³-hybridized carbons (Fsp3) is 0.826. The van der Waals surface area contributed by atoms with Crippen LogP contribution in [-0.2, 0) is 32.7 Å². The third-order valence-electron chi connectivity index (χ3n) is 14.9. The molecule has 3 N–H and O–H groups in total. The van der Waals surface area contributed by atoms with Gasteiger partial charge < -0.3 is 20.1 Å². The van der Waals surface area contributed by atoms with Crippen LogP contribution in [-0.4, -0.2) is 49.3 Å². The molecule has 0 radical (unpaired) electrons. The van der Waals surface area contributed by atoms with Crippen LogP contribution in [0.2, 0.25) is 0 Å². The van der Waals surface area contributed by atoms with Crippen molar-refractivity contribution in [3.05, 3.63) is 60.8 Å². The van der Waals surface area contributed by atoms with Gasteiger partial charge in [-0.1, -0.05) is 299 Å². The summed E-state index contributed by atoms with van der Waals surface area (Å²) < 4.78 is 33.2. The van der Waals surface area contributed by atoms with Crippen molar-refractivity contribution in [1.29, 1.82) is 0 Å². The largest absolute Gasteiger partial charge is 0.472 e. The Hall–Kier alpha value is -2.29. The third-order valence-corrected chi connectivity index (χ3v) is 15.9. The lowest BCUT2D eigenvalue weighted by molar-refractivity contribution is -0.161. The fourth-order valence-electron chi connectivity index (χ4n) is 9.85. The van der Waals surface area contributed by atoms with Gasteiger partial charge in [0.25, 0.3) is 0 Å². The number of phosphoric ester groups is 1. The van der Waals surface area contributed by atoms with Crippen LogP contribution in [0, 0.1) is 0 Å². The van der Waals surface area contributed by atoms with Gasteiger partial charge >= 0.3 is 19.8 Å². The van der Waals surface area contributed by atoms with E-state index in [9.17, 15) is 19.0 Å². The molecule has 462 valence electrons. The standard InChI is InChI=1S/C69H128NO8P/c1-3-5-7-9-11-13-15-17-19-21-23-25-27-29-31-32-33-34-36-37-39-41-43-45-47-49-51-53-55-57-59-61-68(71)75-65-67(66-77-79(73,74)76-64-63-70)78-69(72)62-60-58-56-54-52-50-48-46-44-42-40-38-35-30-28-26-24-22-20-18-16-14-12-10-8-6-4-2/h15-18,21-24,28,30,67H,3-14,19-20,25-27,29,31-66,70H2,1-2H3,(H,73,74)/b17-15-,18-16-,23-21-,24-22-,30-28-. The van der Waals surface area contributed by atoms with E-state index >= 15 is 0 Å². The first kappa shape index (κ1) is 76.7. The molecular weight excluding hydrogens is 1000 g/mol. The molecule has 0 saturated carbocycles. The molecule has 2 unspecified atom stereocenters. The monoisotopic (exact) mass is 1130 g/mol. The van der Waals surface area contributed by atoms with Crippen LogP contribution in [0.1, 0.15) is 335 Å². The summed E-state index contributed by atoms with van der Waals surface area (Å²) in [5, 5.41) is 0. The average Bonchev–Trinajstić information content (AvgIpc) is 3.44. The smallest absolute Gasteiger partial charge is 0.462 e. The van der Waals surface area contributed by atoms with Crippen molar-refractivity contribution in [2.45, 2.75) is 341 Å². The topological polar surface area (TPSA) is 134 Å². The molecule has 0 aromatic rings. The number of carbonyl (C=O) groups is 2. The maximum Gasteiger partial charge on any atom is 0.472 e. The molecule has 2 atom stereocenters. The molecule has 0 aromatic carbocycles. The summed E-state index contributed by atoms with van der Waals surface area (Å²) in [7, 11) is -4.39. The second-order valence-corrected chi connectivity index (χ2v) is 24.1. The summed E-state index contributed by atoms with van der Waals surface area (Å²) in [6.45, 7) is 3.77. The van der Waals surface area contributed by atoms with Gasteiger partial charge in [0.15, 0.2) is 6.10 Å². The van der Waals surface area contributed by atoms with Crippen LogP contribution in [0.4, 0.5) is 0 Å². The zero-order valence-electron chi connectivity index (χ0n) is 51.9. The van der Waals surface area contributed by atoms with E-state index < -0.39 is 26.5 Å². The van der Waals surface area contributed by atoms with Crippen LogP contribution in [0.5, 0.6) is 0 Å². The summed E-state index contributed by atoms with van der Waals surface area (Å²) >= 11 is 0. The second-order valence-electron chi connectivity index (χ2n) is 22.7. The Balaban J connectivity index is 3.87. The highest BCUT2D eigenvalue weighted by molar-refractivity contribution is 7.47. The summed E-state index contributed by atoms with van der Waals surface area (Å²) in [6, 6.07) is 0. The predicted octanol–water partition coefficient (Wildman–Crippen LogP) is 21.9. The van der Waals surface area contributed by atoms with Crippen LogP contribution in [0.15, 0.2) is 60.8 Å². The van der Waals surface area contributed by atoms with Crippen molar-refractivity contribution in [1.82, 2.24) is 0 Å². The molecule has 0 aliphatic carbocycles. The highest BCUT2D eigenvalue weighted by atomic mass is 31.2. The van der Waals surface area contributed by atoms with E-state index in [0.29, 0.717) is 6.42 Å². The SMILES string of the molecule is CCCCCCC/C=C\C/C=C\C/C=C\CCCCCCCCCCCCCCC(=O)OC(COC(=O)CCCCCCCCCCCCCCCCCCCCC/C=C\C/C=C\CCCCCCC)COP(=O)(O)OCCN. The zero-order valence-corrected chi connectivity index (χ0v) is 52.8. The Bertz CT molecular complexity index is 1480. The van der Waals surface area contributed by atoms with Gasteiger partial charge in [0.2, 0.25) is 0 Å². The molecule has 0 bridgehead atoms. The van der Waals surface area contributed by atoms with Gasteiger partial charge in [-0.2, -0.15) is 0 Å². The number of rotatable bonds is 64. The Labute approximate surface area is 489 Å². The minimum absolute atomic E-state index is 0.0530. The lowest BCUT2D eigenvalue weighted by Crippen LogP contribution is -2.29. The van der Waals surface area contributed by atoms with Crippen molar-refractivity contribution >= 4 is 19.8 Å². The van der Waals surface area contributed by atoms with Gasteiger partial charge in [-0.3, -0.25) is 18.6 Å². The first-order valence-corrected chi connectivity index (χ1v) is 35.3. The number of ether oxygens (including phenoxy) is 2. The molecule has 0 spiro atoms. The summed E-state index contributed by atoms with van der Waals surface area (Å²) in [5.41, 5.74) is 5.40. The number of carbonyl (C=O) groups excluding carboxylic acids is 2. The first-order chi connectivity index (χ1) is 38.8. The van der Waals surface area contributed by atoms with Gasteiger partial charge in [-0.25, -0.2) is 4.57 Å². The van der Waals surface area contributed by atoms with Crippen molar-refractivity contribution in [3.63, 3.8) is 0 Å². The number of nitrogens with two attached hydrogens (primary N) is 1. The minimum atomic E-state index is -4.39. The number of allylic oxidation sites excluding steroid dienone is 10. The Morgan fingerprint density at radius 2 is 0.658 bits per heavy atom. The molecule has 10 heteroatoms. The lowest BCUT2D eigenvalue weighted by Gasteiger charge is -2.19. The molecule has 9 nitrogen and oxygen atoms in total. The van der Waals surface area contributed by atoms with Gasteiger partial charge in [-0.05, 0) is 83.5 Å². The van der Waals surface area contributed by atoms with Crippen LogP contribution in [0.25, 0.3) is 0 Å². The zero-order chi connectivity index (χ0) is 57.3. The summed E-state index contributed by atoms with van der Waals surface area (Å²) in [6.07, 6.45) is 83.0. The van der Waals surface area contributed by atoms with E-state index in [4.69, 9.17) is 24.3 Å². The van der Waals surface area contributed by atoms with E-state index in [0.717, 1.165) is 57.8 Å². The van der Waals surface area contributed by atoms with Crippen molar-refractivity contribution < 1.29 is 37.6 Å². The second kappa shape index (κ2) is 64.9. The van der Waals surface area contributed by atoms with E-state index in [1.54, 1.807) is 0 Å². The first-order valence-electron chi connectivity index (χ1n) is 33.8. The molecule has 0 saturated heterocycles. The van der Waals surface area contributed by atoms with E-state index in [-0.39, 0.29) is 38.6 Å². The van der Waals surface area contributed by atoms with Gasteiger partial charge in [0.05, 0.1) is 13.2 Å². The molecular formula is C69H128NO8P. The third kappa shape index (κ3) is 64.7. The average molecular weight is 1130 g/mol. The number of esters is 2. The molecule has 0 amide bonds. The highest BCUT2D eigenvalue weighted by Crippen LogP contribution is 2.43. The van der Waals surface area contributed by atoms with Gasteiger partial charge in [0, 0.05) is 19.4 Å². The van der Waals surface area contributed by atoms with E-state index in [1.165, 1.54) is 244 Å². The van der Waals surface area contributed by atoms with Crippen molar-refractivity contribution in [2.75, 3.05) is 26.4 Å². The summed E-state index contributed by atoms with van der Waals surface area (Å²) in [4.78, 5) is 35.3. The maximum atomic E-state index is 12.7. The maximum absolute atomic E-state index is 12.7. The van der Waals surface area contributed by atoms with E-state index in [1.807, 2.05) is 0 Å². The molecule has 0 aliphatic heterocycles. The van der Waals surface area contributed by atoms with Crippen molar-refractivity contribution in [2.24, 2.45) is 5.73 Å². The summed E-state index contributed by atoms with van der Waals surface area (Å²) in [5.74, 6) is -0.816. The molecule has 0 heterocycles. The van der Waals surface area contributed by atoms with Crippen LogP contribution in [0.3, 0.4) is 0 Å².